The summed E-state index contributed by atoms with van der Waals surface area (Å²) in [5.74, 6) is 1.87. The number of furan rings is 1. The molecule has 0 amide bonds. The van der Waals surface area contributed by atoms with E-state index in [0.717, 1.165) is 30.2 Å². The van der Waals surface area contributed by atoms with Gasteiger partial charge in [0.2, 0.25) is 0 Å². The summed E-state index contributed by atoms with van der Waals surface area (Å²) in [7, 11) is 2.09. The summed E-state index contributed by atoms with van der Waals surface area (Å²) in [6.45, 7) is 6.96. The van der Waals surface area contributed by atoms with Crippen molar-refractivity contribution in [1.29, 1.82) is 0 Å². The van der Waals surface area contributed by atoms with Crippen LogP contribution >= 0.6 is 11.3 Å². The minimum absolute atomic E-state index is 0.0544. The Kier molecular flexibility index (Phi) is 4.96. The van der Waals surface area contributed by atoms with Gasteiger partial charge >= 0.3 is 0 Å². The Balaban J connectivity index is 2.20. The Morgan fingerprint density at radius 3 is 2.65 bits per heavy atom. The summed E-state index contributed by atoms with van der Waals surface area (Å²) >= 11 is 1.69. The Hall–Kier alpha value is -1.17. The lowest BCUT2D eigenvalue weighted by atomic mass is 10.0. The van der Waals surface area contributed by atoms with Crippen molar-refractivity contribution in [2.45, 2.75) is 45.8 Å². The van der Waals surface area contributed by atoms with Gasteiger partial charge in [-0.15, -0.1) is 11.3 Å². The number of hydrogen-bond acceptors (Lipinski definition) is 5. The maximum Gasteiger partial charge on any atom is 0.122 e. The Bertz CT molecular complexity index is 549. The lowest BCUT2D eigenvalue weighted by Crippen LogP contribution is -2.38. The molecule has 2 atom stereocenters. The topological polar surface area (TPSA) is 55.3 Å². The zero-order chi connectivity index (χ0) is 14.7. The zero-order valence-corrected chi connectivity index (χ0v) is 13.4. The second-order valence-electron chi connectivity index (χ2n) is 5.24. The van der Waals surface area contributed by atoms with Crippen LogP contribution in [0.15, 0.2) is 22.1 Å². The lowest BCUT2D eigenvalue weighted by Gasteiger charge is -2.30. The normalized spacial score (nSPS) is 14.7. The average Bonchev–Trinajstić information content (AvgIpc) is 2.99. The van der Waals surface area contributed by atoms with Gasteiger partial charge in [-0.25, -0.2) is 4.98 Å². The standard InChI is InChI=1S/C15H23N3OS/c1-5-12(16)15(13-7-6-10(2)19-13)18(4)8-14-11(3)17-9-20-14/h6-7,9,12,15H,5,8,16H2,1-4H3. The van der Waals surface area contributed by atoms with E-state index in [1.54, 1.807) is 11.3 Å². The van der Waals surface area contributed by atoms with Crippen molar-refractivity contribution < 1.29 is 4.42 Å². The van der Waals surface area contributed by atoms with E-state index in [0.29, 0.717) is 0 Å². The molecule has 2 aromatic heterocycles. The van der Waals surface area contributed by atoms with Gasteiger partial charge in [-0.2, -0.15) is 0 Å². The summed E-state index contributed by atoms with van der Waals surface area (Å²) in [6, 6.07) is 4.18. The number of nitrogens with zero attached hydrogens (tertiary/aromatic N) is 2. The molecule has 0 aromatic carbocycles. The van der Waals surface area contributed by atoms with Gasteiger partial charge in [0.1, 0.15) is 11.5 Å². The third-order valence-electron chi connectivity index (χ3n) is 3.64. The predicted molar refractivity (Wildman–Crippen MR) is 82.8 cm³/mol. The SMILES string of the molecule is CCC(N)C(c1ccc(C)o1)N(C)Cc1scnc1C. The first-order valence-electron chi connectivity index (χ1n) is 6.94. The van der Waals surface area contributed by atoms with E-state index in [4.69, 9.17) is 10.2 Å². The van der Waals surface area contributed by atoms with Crippen molar-refractivity contribution in [3.63, 3.8) is 0 Å². The van der Waals surface area contributed by atoms with Crippen LogP contribution in [-0.2, 0) is 6.54 Å². The molecule has 4 nitrogen and oxygen atoms in total. The summed E-state index contributed by atoms with van der Waals surface area (Å²) in [4.78, 5) is 7.85. The molecule has 0 fully saturated rings. The maximum absolute atomic E-state index is 6.31. The van der Waals surface area contributed by atoms with Crippen LogP contribution in [0.25, 0.3) is 0 Å². The molecule has 2 unspecified atom stereocenters. The molecule has 20 heavy (non-hydrogen) atoms. The van der Waals surface area contributed by atoms with E-state index in [-0.39, 0.29) is 12.1 Å². The molecule has 2 N–H and O–H groups in total. The molecule has 0 saturated heterocycles. The highest BCUT2D eigenvalue weighted by Gasteiger charge is 2.26. The van der Waals surface area contributed by atoms with Gasteiger partial charge in [0, 0.05) is 17.5 Å². The van der Waals surface area contributed by atoms with Crippen molar-refractivity contribution in [3.05, 3.63) is 39.7 Å². The molecule has 0 radical (unpaired) electrons. The maximum atomic E-state index is 6.31. The molecule has 2 aromatic rings. The first-order chi connectivity index (χ1) is 9.52. The van der Waals surface area contributed by atoms with Crippen LogP contribution in [0.3, 0.4) is 0 Å². The Labute approximate surface area is 124 Å². The van der Waals surface area contributed by atoms with Gasteiger partial charge < -0.3 is 10.2 Å². The molecular weight excluding hydrogens is 270 g/mol. The summed E-state index contributed by atoms with van der Waals surface area (Å²) in [5, 5.41) is 0. The van der Waals surface area contributed by atoms with Crippen LogP contribution < -0.4 is 5.73 Å². The van der Waals surface area contributed by atoms with E-state index in [2.05, 4.69) is 23.9 Å². The van der Waals surface area contributed by atoms with E-state index in [1.807, 2.05) is 31.5 Å². The van der Waals surface area contributed by atoms with Gasteiger partial charge in [-0.05, 0) is 39.4 Å². The molecule has 0 aliphatic heterocycles. The van der Waals surface area contributed by atoms with Crippen LogP contribution in [0.4, 0.5) is 0 Å². The fourth-order valence-electron chi connectivity index (χ4n) is 2.39. The van der Waals surface area contributed by atoms with Gasteiger partial charge in [0.25, 0.3) is 0 Å². The highest BCUT2D eigenvalue weighted by Crippen LogP contribution is 2.28. The predicted octanol–water partition coefficient (Wildman–Crippen LogP) is 3.26. The van der Waals surface area contributed by atoms with Crippen LogP contribution in [0.5, 0.6) is 0 Å². The molecule has 2 rings (SSSR count). The van der Waals surface area contributed by atoms with E-state index in [1.165, 1.54) is 4.88 Å². The Morgan fingerprint density at radius 1 is 1.40 bits per heavy atom. The van der Waals surface area contributed by atoms with Crippen molar-refractivity contribution in [1.82, 2.24) is 9.88 Å². The lowest BCUT2D eigenvalue weighted by molar-refractivity contribution is 0.175. The van der Waals surface area contributed by atoms with E-state index < -0.39 is 0 Å². The minimum Gasteiger partial charge on any atom is -0.465 e. The molecule has 110 valence electrons. The monoisotopic (exact) mass is 293 g/mol. The van der Waals surface area contributed by atoms with Gasteiger partial charge in [0.05, 0.1) is 17.2 Å². The fraction of sp³-hybridized carbons (Fsp3) is 0.533. The molecule has 0 spiro atoms. The van der Waals surface area contributed by atoms with Gasteiger partial charge in [-0.3, -0.25) is 4.90 Å². The number of rotatable bonds is 6. The summed E-state index contributed by atoms with van der Waals surface area (Å²) in [5.41, 5.74) is 9.30. The second-order valence-corrected chi connectivity index (χ2v) is 6.18. The summed E-state index contributed by atoms with van der Waals surface area (Å²) in [6.07, 6.45) is 0.913. The second kappa shape index (κ2) is 6.52. The molecule has 5 heteroatoms. The van der Waals surface area contributed by atoms with Crippen LogP contribution in [0.2, 0.25) is 0 Å². The average molecular weight is 293 g/mol. The number of nitrogens with two attached hydrogens (primary N) is 1. The molecule has 0 saturated carbocycles. The molecule has 2 heterocycles. The number of aromatic nitrogens is 1. The third kappa shape index (κ3) is 3.29. The van der Waals surface area contributed by atoms with E-state index in [9.17, 15) is 0 Å². The van der Waals surface area contributed by atoms with Crippen molar-refractivity contribution >= 4 is 11.3 Å². The number of aryl methyl sites for hydroxylation is 2. The first-order valence-corrected chi connectivity index (χ1v) is 7.82. The van der Waals surface area contributed by atoms with Crippen molar-refractivity contribution in [2.75, 3.05) is 7.05 Å². The quantitative estimate of drug-likeness (QED) is 0.888. The number of thiazole rings is 1. The number of hydrogen-bond donors (Lipinski definition) is 1. The van der Waals surface area contributed by atoms with Crippen molar-refractivity contribution in [3.8, 4) is 0 Å². The zero-order valence-electron chi connectivity index (χ0n) is 12.6. The molecule has 0 aliphatic carbocycles. The Morgan fingerprint density at radius 2 is 2.15 bits per heavy atom. The van der Waals surface area contributed by atoms with Crippen LogP contribution in [0, 0.1) is 13.8 Å². The fourth-order valence-corrected chi connectivity index (χ4v) is 3.23. The smallest absolute Gasteiger partial charge is 0.122 e. The number of likely N-dealkylation sites (N-methyl/N-ethyl adjacent to an activating group) is 1. The summed E-state index contributed by atoms with van der Waals surface area (Å²) < 4.78 is 5.81. The minimum atomic E-state index is 0.0544. The van der Waals surface area contributed by atoms with Crippen molar-refractivity contribution in [2.24, 2.45) is 5.73 Å². The van der Waals surface area contributed by atoms with Gasteiger partial charge in [0.15, 0.2) is 0 Å². The largest absolute Gasteiger partial charge is 0.465 e. The third-order valence-corrected chi connectivity index (χ3v) is 4.56. The van der Waals surface area contributed by atoms with Crippen LogP contribution in [0.1, 0.15) is 41.5 Å². The first kappa shape index (κ1) is 15.2. The highest BCUT2D eigenvalue weighted by molar-refractivity contribution is 7.09. The molecular formula is C15H23N3OS. The van der Waals surface area contributed by atoms with Gasteiger partial charge in [-0.1, -0.05) is 6.92 Å². The highest BCUT2D eigenvalue weighted by atomic mass is 32.1. The molecule has 0 bridgehead atoms. The van der Waals surface area contributed by atoms with Crippen LogP contribution in [-0.4, -0.2) is 23.0 Å². The van der Waals surface area contributed by atoms with E-state index >= 15 is 0 Å². The molecule has 0 aliphatic rings.